The van der Waals surface area contributed by atoms with Crippen LogP contribution in [0, 0.1) is 0 Å². The van der Waals surface area contributed by atoms with Crippen molar-refractivity contribution >= 4 is 29.4 Å². The first kappa shape index (κ1) is 17.0. The lowest BCUT2D eigenvalue weighted by atomic mass is 10.1. The van der Waals surface area contributed by atoms with Gasteiger partial charge in [0.05, 0.1) is 0 Å². The lowest BCUT2D eigenvalue weighted by molar-refractivity contribution is -0.144. The molecule has 0 fully saturated rings. The number of hydrogen-bond donors (Lipinski definition) is 2. The van der Waals surface area contributed by atoms with Crippen LogP contribution in [-0.2, 0) is 9.53 Å². The Morgan fingerprint density at radius 3 is 2.52 bits per heavy atom. The third-order valence-electron chi connectivity index (χ3n) is 2.76. The van der Waals surface area contributed by atoms with Crippen LogP contribution in [0.5, 0.6) is 0 Å². The van der Waals surface area contributed by atoms with Crippen LogP contribution in [0.3, 0.4) is 0 Å². The van der Waals surface area contributed by atoms with Crippen molar-refractivity contribution in [3.05, 3.63) is 41.4 Å². The molecule has 0 spiro atoms. The van der Waals surface area contributed by atoms with E-state index in [1.165, 1.54) is 0 Å². The molecule has 0 saturated heterocycles. The number of rotatable bonds is 7. The quantitative estimate of drug-likeness (QED) is 0.744. The van der Waals surface area contributed by atoms with E-state index < -0.39 is 18.2 Å². The first-order valence-corrected chi connectivity index (χ1v) is 6.95. The molecule has 0 radical (unpaired) electrons. The smallest absolute Gasteiger partial charge is 0.412 e. The third-order valence-corrected chi connectivity index (χ3v) is 3.01. The van der Waals surface area contributed by atoms with Gasteiger partial charge in [0.2, 0.25) is 6.10 Å². The molecule has 1 unspecified atom stereocenters. The minimum absolute atomic E-state index is 0.371. The minimum atomic E-state index is -1.34. The fourth-order valence-electron chi connectivity index (χ4n) is 1.63. The summed E-state index contributed by atoms with van der Waals surface area (Å²) in [6.45, 7) is 5.67. The molecule has 114 valence electrons. The summed E-state index contributed by atoms with van der Waals surface area (Å²) in [5.41, 5.74) is 0.836. The predicted octanol–water partition coefficient (Wildman–Crippen LogP) is 4.09. The maximum Gasteiger partial charge on any atom is 0.412 e. The van der Waals surface area contributed by atoms with Crippen molar-refractivity contribution < 1.29 is 19.4 Å². The zero-order valence-electron chi connectivity index (χ0n) is 11.8. The van der Waals surface area contributed by atoms with E-state index in [9.17, 15) is 9.59 Å². The van der Waals surface area contributed by atoms with Gasteiger partial charge >= 0.3 is 12.1 Å². The van der Waals surface area contributed by atoms with Crippen molar-refractivity contribution in [2.75, 3.05) is 5.32 Å². The van der Waals surface area contributed by atoms with Gasteiger partial charge in [0, 0.05) is 10.7 Å². The third kappa shape index (κ3) is 5.87. The number of carbonyl (C=O) groups excluding carboxylic acids is 1. The first-order valence-electron chi connectivity index (χ1n) is 6.57. The lowest BCUT2D eigenvalue weighted by Gasteiger charge is -2.16. The second-order valence-corrected chi connectivity index (χ2v) is 4.95. The van der Waals surface area contributed by atoms with Crippen LogP contribution in [0.2, 0.25) is 5.02 Å². The van der Waals surface area contributed by atoms with Crippen LogP contribution >= 0.6 is 11.6 Å². The molecule has 0 saturated carbocycles. The minimum Gasteiger partial charge on any atom is -0.478 e. The van der Waals surface area contributed by atoms with Crippen molar-refractivity contribution in [1.82, 2.24) is 0 Å². The molecule has 0 aliphatic carbocycles. The predicted molar refractivity (Wildman–Crippen MR) is 81.6 cm³/mol. The zero-order valence-corrected chi connectivity index (χ0v) is 12.5. The summed E-state index contributed by atoms with van der Waals surface area (Å²) in [7, 11) is 0. The first-order chi connectivity index (χ1) is 9.93. The van der Waals surface area contributed by atoms with Gasteiger partial charge in [-0.3, -0.25) is 5.32 Å². The Kier molecular flexibility index (Phi) is 6.75. The van der Waals surface area contributed by atoms with E-state index in [2.05, 4.69) is 11.9 Å². The molecule has 0 bridgehead atoms. The molecule has 0 aliphatic rings. The van der Waals surface area contributed by atoms with Gasteiger partial charge < -0.3 is 9.84 Å². The highest BCUT2D eigenvalue weighted by atomic mass is 35.5. The second kappa shape index (κ2) is 8.32. The molecule has 6 heteroatoms. The van der Waals surface area contributed by atoms with Gasteiger partial charge in [-0.25, -0.2) is 9.59 Å². The van der Waals surface area contributed by atoms with Crippen LogP contribution in [0.25, 0.3) is 0 Å². The molecule has 1 aromatic carbocycles. The van der Waals surface area contributed by atoms with Crippen molar-refractivity contribution in [1.29, 1.82) is 0 Å². The van der Waals surface area contributed by atoms with E-state index in [0.29, 0.717) is 22.7 Å². The van der Waals surface area contributed by atoms with E-state index in [-0.39, 0.29) is 0 Å². The number of anilines is 1. The van der Waals surface area contributed by atoms with Gasteiger partial charge in [-0.15, -0.1) is 0 Å². The normalized spacial score (nSPS) is 11.5. The van der Waals surface area contributed by atoms with Gasteiger partial charge in [0.15, 0.2) is 0 Å². The summed E-state index contributed by atoms with van der Waals surface area (Å²) in [5.74, 6) is -1.23. The number of unbranched alkanes of at least 4 members (excludes halogenated alkanes) is 1. The topological polar surface area (TPSA) is 75.6 Å². The number of carboxylic acid groups (broad SMARTS) is 1. The highest BCUT2D eigenvalue weighted by Crippen LogP contribution is 2.16. The number of carboxylic acids is 1. The molecule has 1 rings (SSSR count). The Morgan fingerprint density at radius 2 is 2.00 bits per heavy atom. The Morgan fingerprint density at radius 1 is 1.38 bits per heavy atom. The van der Waals surface area contributed by atoms with Crippen LogP contribution in [-0.4, -0.2) is 23.3 Å². The van der Waals surface area contributed by atoms with E-state index >= 15 is 0 Å². The van der Waals surface area contributed by atoms with E-state index in [1.807, 2.05) is 6.92 Å². The molecular weight excluding hydrogens is 294 g/mol. The number of halogens is 1. The largest absolute Gasteiger partial charge is 0.478 e. The number of benzene rings is 1. The van der Waals surface area contributed by atoms with Crippen LogP contribution in [0.4, 0.5) is 10.5 Å². The van der Waals surface area contributed by atoms with Gasteiger partial charge in [-0.1, -0.05) is 31.5 Å². The summed E-state index contributed by atoms with van der Waals surface area (Å²) in [6.07, 6.45) is 0.0145. The van der Waals surface area contributed by atoms with Crippen molar-refractivity contribution in [3.8, 4) is 0 Å². The zero-order chi connectivity index (χ0) is 15.8. The number of carbonyl (C=O) groups is 2. The van der Waals surface area contributed by atoms with Crippen molar-refractivity contribution in [2.24, 2.45) is 0 Å². The van der Waals surface area contributed by atoms with Crippen LogP contribution in [0.1, 0.15) is 26.2 Å². The molecule has 0 aliphatic heterocycles. The van der Waals surface area contributed by atoms with E-state index in [4.69, 9.17) is 21.4 Å². The molecule has 1 aromatic rings. The summed E-state index contributed by atoms with van der Waals surface area (Å²) in [5, 5.41) is 12.1. The average Bonchev–Trinajstić information content (AvgIpc) is 2.44. The maximum atomic E-state index is 11.7. The summed E-state index contributed by atoms with van der Waals surface area (Å²) < 4.78 is 4.92. The SMILES string of the molecule is C=C(CCCC)C(OC(=O)Nc1ccc(Cl)cc1)C(=O)O. The average molecular weight is 312 g/mol. The molecular formula is C15H18ClNO4. The van der Waals surface area contributed by atoms with E-state index in [1.54, 1.807) is 24.3 Å². The summed E-state index contributed by atoms with van der Waals surface area (Å²) in [4.78, 5) is 22.9. The molecule has 0 heterocycles. The van der Waals surface area contributed by atoms with Gasteiger partial charge in [-0.2, -0.15) is 0 Å². The molecule has 21 heavy (non-hydrogen) atoms. The van der Waals surface area contributed by atoms with Crippen molar-refractivity contribution in [2.45, 2.75) is 32.3 Å². The Hall–Kier alpha value is -2.01. The summed E-state index contributed by atoms with van der Waals surface area (Å²) in [6, 6.07) is 6.38. The fraction of sp³-hybridized carbons (Fsp3) is 0.333. The fourth-order valence-corrected chi connectivity index (χ4v) is 1.76. The Labute approximate surface area is 128 Å². The highest BCUT2D eigenvalue weighted by Gasteiger charge is 2.25. The van der Waals surface area contributed by atoms with Crippen LogP contribution < -0.4 is 5.32 Å². The number of ether oxygens (including phenoxy) is 1. The second-order valence-electron chi connectivity index (χ2n) is 4.52. The standard InChI is InChI=1S/C15H18ClNO4/c1-3-4-5-10(2)13(14(18)19)21-15(20)17-12-8-6-11(16)7-9-12/h6-9,13H,2-5H2,1H3,(H,17,20)(H,18,19). The Balaban J connectivity index is 2.62. The molecule has 2 N–H and O–H groups in total. The lowest BCUT2D eigenvalue weighted by Crippen LogP contribution is -2.30. The maximum absolute atomic E-state index is 11.7. The molecule has 1 atom stereocenters. The molecule has 0 aromatic heterocycles. The monoisotopic (exact) mass is 311 g/mol. The Bertz CT molecular complexity index is 513. The summed E-state index contributed by atoms with van der Waals surface area (Å²) >= 11 is 5.73. The number of nitrogens with one attached hydrogen (secondary N) is 1. The van der Waals surface area contributed by atoms with Gasteiger partial charge in [0.25, 0.3) is 0 Å². The molecule has 1 amide bonds. The van der Waals surface area contributed by atoms with Gasteiger partial charge in [-0.05, 0) is 42.7 Å². The van der Waals surface area contributed by atoms with Crippen molar-refractivity contribution in [3.63, 3.8) is 0 Å². The van der Waals surface area contributed by atoms with E-state index in [0.717, 1.165) is 12.8 Å². The number of amides is 1. The molecule has 5 nitrogen and oxygen atoms in total. The van der Waals surface area contributed by atoms with Gasteiger partial charge in [0.1, 0.15) is 0 Å². The number of aliphatic carboxylic acids is 1. The number of hydrogen-bond acceptors (Lipinski definition) is 3. The van der Waals surface area contributed by atoms with Crippen LogP contribution in [0.15, 0.2) is 36.4 Å². The highest BCUT2D eigenvalue weighted by molar-refractivity contribution is 6.30.